The molecule has 1 N–H and O–H groups in total. The molecule has 1 heterocycles. The van der Waals surface area contributed by atoms with Crippen LogP contribution < -0.4 is 5.76 Å². The van der Waals surface area contributed by atoms with Crippen molar-refractivity contribution in [2.24, 2.45) is 0 Å². The molecule has 1 aliphatic carbocycles. The second-order valence-corrected chi connectivity index (χ2v) is 4.20. The molecule has 0 saturated carbocycles. The summed E-state index contributed by atoms with van der Waals surface area (Å²) in [6.45, 7) is 2.37. The lowest BCUT2D eigenvalue weighted by Crippen LogP contribution is -2.37. The number of carbonyl (C=O) groups excluding carboxylic acids is 1. The summed E-state index contributed by atoms with van der Waals surface area (Å²) in [7, 11) is 1.84. The molecule has 18 heavy (non-hydrogen) atoms. The fraction of sp³-hybridized carbons (Fsp3) is 0.500. The number of fused-ring (bicyclic) bond motifs is 1. The fourth-order valence-electron chi connectivity index (χ4n) is 1.95. The molecule has 1 aromatic heterocycles. The predicted molar refractivity (Wildman–Crippen MR) is 65.1 cm³/mol. The van der Waals surface area contributed by atoms with Crippen molar-refractivity contribution in [1.29, 1.82) is 0 Å². The zero-order valence-electron chi connectivity index (χ0n) is 10.4. The molecule has 0 radical (unpaired) electrons. The van der Waals surface area contributed by atoms with Gasteiger partial charge in [-0.2, -0.15) is 0 Å². The molecule has 98 valence electrons. The number of hydrogen-bond acceptors (Lipinski definition) is 5. The van der Waals surface area contributed by atoms with E-state index in [9.17, 15) is 9.59 Å². The van der Waals surface area contributed by atoms with Crippen molar-refractivity contribution in [3.05, 3.63) is 28.1 Å². The van der Waals surface area contributed by atoms with Crippen LogP contribution in [0.2, 0.25) is 0 Å². The Morgan fingerprint density at radius 1 is 1.67 bits per heavy atom. The van der Waals surface area contributed by atoms with Crippen LogP contribution in [0, 0.1) is 0 Å². The quantitative estimate of drug-likeness (QED) is 0.785. The normalized spacial score (nSPS) is 17.8. The van der Waals surface area contributed by atoms with Crippen molar-refractivity contribution in [2.75, 3.05) is 20.2 Å². The van der Waals surface area contributed by atoms with Gasteiger partial charge in [0.1, 0.15) is 5.76 Å². The van der Waals surface area contributed by atoms with Crippen LogP contribution in [0.1, 0.15) is 18.4 Å². The summed E-state index contributed by atoms with van der Waals surface area (Å²) >= 11 is 0. The monoisotopic (exact) mass is 252 g/mol. The Hall–Kier alpha value is -1.82. The van der Waals surface area contributed by atoms with Crippen LogP contribution in [-0.2, 0) is 16.0 Å². The van der Waals surface area contributed by atoms with Gasteiger partial charge in [0.2, 0.25) is 0 Å². The molecule has 0 bridgehead atoms. The van der Waals surface area contributed by atoms with Crippen LogP contribution in [0.15, 0.2) is 15.3 Å². The van der Waals surface area contributed by atoms with Gasteiger partial charge in [-0.1, -0.05) is 6.08 Å². The van der Waals surface area contributed by atoms with E-state index in [2.05, 4.69) is 4.98 Å². The van der Waals surface area contributed by atoms with Gasteiger partial charge in [-0.05, 0) is 20.0 Å². The number of nitrogens with one attached hydrogen (secondary N) is 1. The van der Waals surface area contributed by atoms with Crippen molar-refractivity contribution >= 4 is 12.0 Å². The number of esters is 1. The molecule has 0 aliphatic heterocycles. The van der Waals surface area contributed by atoms with Gasteiger partial charge in [-0.15, -0.1) is 0 Å². The van der Waals surface area contributed by atoms with Gasteiger partial charge >= 0.3 is 11.7 Å². The molecule has 0 aromatic carbocycles. The number of rotatable bonds is 4. The zero-order chi connectivity index (χ0) is 13.1. The number of H-pyrrole nitrogens is 1. The molecule has 6 heteroatoms. The van der Waals surface area contributed by atoms with Crippen LogP contribution in [0.4, 0.5) is 0 Å². The highest BCUT2D eigenvalue weighted by Gasteiger charge is 2.22. The van der Waals surface area contributed by atoms with Crippen LogP contribution in [0.3, 0.4) is 0 Å². The zero-order valence-corrected chi connectivity index (χ0v) is 10.4. The van der Waals surface area contributed by atoms with Crippen LogP contribution in [0.5, 0.6) is 0 Å². The third kappa shape index (κ3) is 2.70. The van der Waals surface area contributed by atoms with Crippen molar-refractivity contribution in [2.45, 2.75) is 19.4 Å². The minimum atomic E-state index is -0.446. The first-order valence-corrected chi connectivity index (χ1v) is 5.86. The maximum Gasteiger partial charge on any atom is 0.416 e. The van der Waals surface area contributed by atoms with Gasteiger partial charge in [0.25, 0.3) is 0 Å². The Morgan fingerprint density at radius 3 is 3.17 bits per heavy atom. The fourth-order valence-corrected chi connectivity index (χ4v) is 1.95. The third-order valence-corrected chi connectivity index (χ3v) is 2.88. The van der Waals surface area contributed by atoms with Gasteiger partial charge in [0.05, 0.1) is 18.8 Å². The van der Waals surface area contributed by atoms with E-state index in [0.717, 1.165) is 0 Å². The van der Waals surface area contributed by atoms with Gasteiger partial charge in [0, 0.05) is 12.5 Å². The average Bonchev–Trinajstić information content (AvgIpc) is 2.68. The van der Waals surface area contributed by atoms with Gasteiger partial charge in [-0.3, -0.25) is 14.7 Å². The molecular weight excluding hydrogens is 236 g/mol. The number of ether oxygens (including phenoxy) is 1. The van der Waals surface area contributed by atoms with Gasteiger partial charge in [0.15, 0.2) is 0 Å². The van der Waals surface area contributed by atoms with E-state index >= 15 is 0 Å². The van der Waals surface area contributed by atoms with E-state index in [4.69, 9.17) is 9.15 Å². The van der Waals surface area contributed by atoms with Crippen molar-refractivity contribution in [3.63, 3.8) is 0 Å². The van der Waals surface area contributed by atoms with Gasteiger partial charge < -0.3 is 9.15 Å². The summed E-state index contributed by atoms with van der Waals surface area (Å²) in [6, 6.07) is 0.0286. The molecule has 0 saturated heterocycles. The highest BCUT2D eigenvalue weighted by atomic mass is 16.5. The summed E-state index contributed by atoms with van der Waals surface area (Å²) in [5.41, 5.74) is 0.709. The van der Waals surface area contributed by atoms with Crippen LogP contribution in [-0.4, -0.2) is 42.1 Å². The third-order valence-electron chi connectivity index (χ3n) is 2.88. The number of likely N-dealkylation sites (N-methyl/N-ethyl adjacent to an activating group) is 1. The van der Waals surface area contributed by atoms with Crippen LogP contribution >= 0.6 is 0 Å². The van der Waals surface area contributed by atoms with E-state index in [1.165, 1.54) is 0 Å². The summed E-state index contributed by atoms with van der Waals surface area (Å²) in [6.07, 6.45) is 4.31. The highest BCUT2D eigenvalue weighted by molar-refractivity contribution is 5.71. The number of oxazole rings is 1. The number of aromatic nitrogens is 1. The molecule has 2 rings (SSSR count). The van der Waals surface area contributed by atoms with E-state index in [0.29, 0.717) is 24.5 Å². The molecule has 1 unspecified atom stereocenters. The lowest BCUT2D eigenvalue weighted by atomic mass is 10.0. The van der Waals surface area contributed by atoms with Crippen molar-refractivity contribution in [1.82, 2.24) is 9.88 Å². The second-order valence-electron chi connectivity index (χ2n) is 4.20. The maximum absolute atomic E-state index is 11.4. The predicted octanol–water partition coefficient (Wildman–Crippen LogP) is 0.401. The molecule has 1 aromatic rings. The molecule has 0 amide bonds. The average molecular weight is 252 g/mol. The van der Waals surface area contributed by atoms with E-state index < -0.39 is 5.76 Å². The summed E-state index contributed by atoms with van der Waals surface area (Å²) in [5.74, 6) is -0.0729. The molecule has 1 atom stereocenters. The molecule has 0 fully saturated rings. The SMILES string of the molecule is CCOC(=O)CN(C)C1C=Cc2[nH]c(=O)oc2C1. The molecule has 0 spiro atoms. The van der Waals surface area contributed by atoms with Crippen molar-refractivity contribution in [3.8, 4) is 0 Å². The number of nitrogens with zero attached hydrogens (tertiary/aromatic N) is 1. The summed E-state index contributed by atoms with van der Waals surface area (Å²) < 4.78 is 9.93. The lowest BCUT2D eigenvalue weighted by Gasteiger charge is -2.25. The van der Waals surface area contributed by atoms with Gasteiger partial charge in [-0.25, -0.2) is 4.79 Å². The largest absolute Gasteiger partial charge is 0.465 e. The smallest absolute Gasteiger partial charge is 0.416 e. The number of carbonyl (C=O) groups is 1. The first-order valence-electron chi connectivity index (χ1n) is 5.86. The molecular formula is C12H16N2O4. The first kappa shape index (κ1) is 12.6. The Labute approximate surface area is 104 Å². The van der Waals surface area contributed by atoms with E-state index in [1.54, 1.807) is 13.0 Å². The topological polar surface area (TPSA) is 75.5 Å². The number of aromatic amines is 1. The number of hydrogen-bond donors (Lipinski definition) is 1. The Kier molecular flexibility index (Phi) is 3.66. The highest BCUT2D eigenvalue weighted by Crippen LogP contribution is 2.18. The maximum atomic E-state index is 11.4. The molecule has 1 aliphatic rings. The molecule has 6 nitrogen and oxygen atoms in total. The Balaban J connectivity index is 2.00. The minimum Gasteiger partial charge on any atom is -0.465 e. The summed E-state index contributed by atoms with van der Waals surface area (Å²) in [4.78, 5) is 26.9. The summed E-state index contributed by atoms with van der Waals surface area (Å²) in [5, 5.41) is 0. The Morgan fingerprint density at radius 2 is 2.44 bits per heavy atom. The van der Waals surface area contributed by atoms with E-state index in [1.807, 2.05) is 18.0 Å². The van der Waals surface area contributed by atoms with Crippen molar-refractivity contribution < 1.29 is 13.9 Å². The second kappa shape index (κ2) is 5.22. The minimum absolute atomic E-state index is 0.0286. The lowest BCUT2D eigenvalue weighted by molar-refractivity contribution is -0.144. The Bertz CT molecular complexity index is 514. The van der Waals surface area contributed by atoms with E-state index in [-0.39, 0.29) is 18.6 Å². The standard InChI is InChI=1S/C12H16N2O4/c1-3-17-11(15)7-14(2)8-4-5-9-10(6-8)18-12(16)13-9/h4-5,8H,3,6-7H2,1-2H3,(H,13,16). The van der Waals surface area contributed by atoms with Crippen LogP contribution in [0.25, 0.3) is 6.08 Å². The first-order chi connectivity index (χ1) is 8.60.